The smallest absolute Gasteiger partial charge is 0.417 e. The van der Waals surface area contributed by atoms with E-state index in [2.05, 4.69) is 9.97 Å². The minimum atomic E-state index is -4.96. The second kappa shape index (κ2) is 8.54. The fourth-order valence-electron chi connectivity index (χ4n) is 3.98. The summed E-state index contributed by atoms with van der Waals surface area (Å²) in [6.07, 6.45) is -3.57. The van der Waals surface area contributed by atoms with Crippen molar-refractivity contribution in [3.05, 3.63) is 65.9 Å². The van der Waals surface area contributed by atoms with Crippen molar-refractivity contribution in [2.45, 2.75) is 6.18 Å². The van der Waals surface area contributed by atoms with Crippen LogP contribution < -0.4 is 20.9 Å². The van der Waals surface area contributed by atoms with E-state index in [0.717, 1.165) is 0 Å². The van der Waals surface area contributed by atoms with Crippen LogP contribution in [0.4, 0.5) is 19.1 Å². The number of ether oxygens (including phenoxy) is 2. The van der Waals surface area contributed by atoms with Crippen LogP contribution in [-0.2, 0) is 6.18 Å². The third-order valence-corrected chi connectivity index (χ3v) is 5.30. The van der Waals surface area contributed by atoms with Gasteiger partial charge in [0.25, 0.3) is 0 Å². The highest BCUT2D eigenvalue weighted by Gasteiger charge is 2.43. The van der Waals surface area contributed by atoms with Crippen LogP contribution >= 0.6 is 0 Å². The zero-order valence-corrected chi connectivity index (χ0v) is 18.1. The molecule has 7 nitrogen and oxygen atoms in total. The summed E-state index contributed by atoms with van der Waals surface area (Å²) in [4.78, 5) is 20.5. The Labute approximate surface area is 192 Å². The Hall–Kier alpha value is -4.34. The number of rotatable bonds is 5. The van der Waals surface area contributed by atoms with Crippen molar-refractivity contribution in [3.8, 4) is 33.8 Å². The predicted octanol–water partition coefficient (Wildman–Crippen LogP) is 4.68. The Kier molecular flexibility index (Phi) is 5.74. The first-order valence-corrected chi connectivity index (χ1v) is 9.94. The van der Waals surface area contributed by atoms with Crippen LogP contribution in [0.3, 0.4) is 0 Å². The minimum Gasteiger partial charge on any atom is -0.492 e. The Morgan fingerprint density at radius 2 is 1.59 bits per heavy atom. The molecular weight excluding hydrogens is 449 g/mol. The largest absolute Gasteiger partial charge is 0.492 e. The van der Waals surface area contributed by atoms with Crippen LogP contribution in [0.2, 0.25) is 0 Å². The lowest BCUT2D eigenvalue weighted by Gasteiger charge is -2.25. The van der Waals surface area contributed by atoms with Crippen molar-refractivity contribution < 1.29 is 27.4 Å². The molecule has 1 aromatic heterocycles. The molecule has 0 radical (unpaired) electrons. The summed E-state index contributed by atoms with van der Waals surface area (Å²) < 4.78 is 54.8. The highest BCUT2D eigenvalue weighted by Crippen LogP contribution is 2.53. The first-order chi connectivity index (χ1) is 16.2. The SMILES string of the molecule is COc1c(OC)c(-c2ccc3nc(N)ncc3c2)c(C(F)(F)F)c(C(N)=O)c1-c1ccccc1. The number of fused-ring (bicyclic) bond motifs is 1. The van der Waals surface area contributed by atoms with Crippen molar-refractivity contribution >= 4 is 22.8 Å². The highest BCUT2D eigenvalue weighted by atomic mass is 19.4. The van der Waals surface area contributed by atoms with Crippen molar-refractivity contribution in [2.75, 3.05) is 20.0 Å². The molecule has 10 heteroatoms. The second-order valence-corrected chi connectivity index (χ2v) is 7.30. The number of anilines is 1. The quantitative estimate of drug-likeness (QED) is 0.440. The standard InChI is InChI=1S/C24H19F3N4O3/c1-33-20-16(12-6-4-3-5-7-12)18(22(28)32)19(24(25,26)27)17(21(20)34-2)13-8-9-15-14(10-13)11-30-23(29)31-15/h3-11H,1-2H3,(H2,28,32)(H2,29,30,31). The molecular formula is C24H19F3N4O3. The van der Waals surface area contributed by atoms with Gasteiger partial charge in [-0.2, -0.15) is 13.2 Å². The molecule has 174 valence electrons. The number of nitrogen functional groups attached to an aromatic ring is 1. The van der Waals surface area contributed by atoms with Crippen LogP contribution in [0, 0.1) is 0 Å². The van der Waals surface area contributed by atoms with Gasteiger partial charge in [-0.15, -0.1) is 0 Å². The molecule has 4 aromatic rings. The molecule has 0 aliphatic rings. The average molecular weight is 468 g/mol. The lowest BCUT2D eigenvalue weighted by molar-refractivity contribution is -0.137. The molecule has 34 heavy (non-hydrogen) atoms. The normalized spacial score (nSPS) is 11.4. The zero-order chi connectivity index (χ0) is 24.6. The lowest BCUT2D eigenvalue weighted by atomic mass is 9.86. The third kappa shape index (κ3) is 3.83. The van der Waals surface area contributed by atoms with E-state index >= 15 is 0 Å². The van der Waals surface area contributed by atoms with E-state index in [4.69, 9.17) is 20.9 Å². The van der Waals surface area contributed by atoms with E-state index in [-0.39, 0.29) is 34.1 Å². The molecule has 4 N–H and O–H groups in total. The topological polar surface area (TPSA) is 113 Å². The van der Waals surface area contributed by atoms with Crippen LogP contribution in [0.1, 0.15) is 15.9 Å². The first-order valence-electron chi connectivity index (χ1n) is 9.94. The Balaban J connectivity index is 2.21. The zero-order valence-electron chi connectivity index (χ0n) is 18.1. The summed E-state index contributed by atoms with van der Waals surface area (Å²) in [5, 5.41) is 0.439. The Bertz CT molecular complexity index is 1410. The number of nitrogens with zero attached hydrogens (tertiary/aromatic N) is 2. The maximum atomic E-state index is 14.6. The number of primary amides is 1. The number of methoxy groups -OCH3 is 2. The molecule has 1 heterocycles. The van der Waals surface area contributed by atoms with E-state index in [0.29, 0.717) is 16.5 Å². The van der Waals surface area contributed by atoms with E-state index < -0.39 is 23.2 Å². The third-order valence-electron chi connectivity index (χ3n) is 5.30. The summed E-state index contributed by atoms with van der Waals surface area (Å²) in [6, 6.07) is 12.4. The number of hydrogen-bond donors (Lipinski definition) is 2. The van der Waals surface area contributed by atoms with Crippen LogP contribution in [-0.4, -0.2) is 30.1 Å². The minimum absolute atomic E-state index is 0.0266. The van der Waals surface area contributed by atoms with Crippen LogP contribution in [0.5, 0.6) is 11.5 Å². The maximum Gasteiger partial charge on any atom is 0.417 e. The van der Waals surface area contributed by atoms with Gasteiger partial charge in [0.1, 0.15) is 0 Å². The van der Waals surface area contributed by atoms with Gasteiger partial charge in [-0.25, -0.2) is 9.97 Å². The molecule has 0 atom stereocenters. The summed E-state index contributed by atoms with van der Waals surface area (Å²) in [5.41, 5.74) is 9.55. The molecule has 0 saturated heterocycles. The van der Waals surface area contributed by atoms with Gasteiger partial charge in [-0.3, -0.25) is 4.79 Å². The molecule has 0 spiro atoms. The number of aromatic nitrogens is 2. The highest BCUT2D eigenvalue weighted by molar-refractivity contribution is 6.07. The van der Waals surface area contributed by atoms with E-state index in [1.165, 1.54) is 38.6 Å². The van der Waals surface area contributed by atoms with Gasteiger partial charge in [-0.1, -0.05) is 36.4 Å². The maximum absolute atomic E-state index is 14.6. The number of carbonyl (C=O) groups excluding carboxylic acids is 1. The van der Waals surface area contributed by atoms with Gasteiger partial charge in [0.2, 0.25) is 11.9 Å². The monoisotopic (exact) mass is 468 g/mol. The summed E-state index contributed by atoms with van der Waals surface area (Å²) in [7, 11) is 2.51. The number of hydrogen-bond acceptors (Lipinski definition) is 6. The molecule has 0 bridgehead atoms. The molecule has 3 aromatic carbocycles. The summed E-state index contributed by atoms with van der Waals surface area (Å²) in [6.45, 7) is 0. The molecule has 4 rings (SSSR count). The van der Waals surface area contributed by atoms with Crippen molar-refractivity contribution in [3.63, 3.8) is 0 Å². The van der Waals surface area contributed by atoms with E-state index in [1.807, 2.05) is 0 Å². The number of carbonyl (C=O) groups is 1. The summed E-state index contributed by atoms with van der Waals surface area (Å²) >= 11 is 0. The van der Waals surface area contributed by atoms with Crippen LogP contribution in [0.15, 0.2) is 54.7 Å². The van der Waals surface area contributed by atoms with Crippen LogP contribution in [0.25, 0.3) is 33.2 Å². The molecule has 0 fully saturated rings. The summed E-state index contributed by atoms with van der Waals surface area (Å²) in [5.74, 6) is -1.49. The van der Waals surface area contributed by atoms with Crippen molar-refractivity contribution in [1.82, 2.24) is 9.97 Å². The van der Waals surface area contributed by atoms with E-state index in [9.17, 15) is 18.0 Å². The number of nitrogens with two attached hydrogens (primary N) is 2. The van der Waals surface area contributed by atoms with Gasteiger partial charge < -0.3 is 20.9 Å². The molecule has 0 aliphatic carbocycles. The second-order valence-electron chi connectivity index (χ2n) is 7.30. The van der Waals surface area contributed by atoms with Gasteiger partial charge in [0.05, 0.1) is 30.9 Å². The fraction of sp³-hybridized carbons (Fsp3) is 0.125. The van der Waals surface area contributed by atoms with Gasteiger partial charge in [-0.05, 0) is 23.3 Å². The van der Waals surface area contributed by atoms with Crippen molar-refractivity contribution in [1.29, 1.82) is 0 Å². The number of alkyl halides is 3. The molecule has 0 saturated carbocycles. The van der Waals surface area contributed by atoms with Gasteiger partial charge in [0.15, 0.2) is 11.5 Å². The molecule has 1 amide bonds. The van der Waals surface area contributed by atoms with E-state index in [1.54, 1.807) is 30.3 Å². The number of benzene rings is 3. The first kappa shape index (κ1) is 22.8. The van der Waals surface area contributed by atoms with Gasteiger partial charge >= 0.3 is 6.18 Å². The average Bonchev–Trinajstić information content (AvgIpc) is 2.81. The predicted molar refractivity (Wildman–Crippen MR) is 121 cm³/mol. The Morgan fingerprint density at radius 3 is 2.18 bits per heavy atom. The number of amides is 1. The van der Waals surface area contributed by atoms with Crippen molar-refractivity contribution in [2.24, 2.45) is 5.73 Å². The Morgan fingerprint density at radius 1 is 0.941 bits per heavy atom. The molecule has 0 aliphatic heterocycles. The fourth-order valence-corrected chi connectivity index (χ4v) is 3.98. The lowest BCUT2D eigenvalue weighted by Crippen LogP contribution is -2.22. The molecule has 0 unspecified atom stereocenters. The number of halogens is 3. The van der Waals surface area contributed by atoms with Gasteiger partial charge in [0, 0.05) is 22.7 Å².